The summed E-state index contributed by atoms with van der Waals surface area (Å²) in [7, 11) is -0.401. The van der Waals surface area contributed by atoms with Crippen molar-refractivity contribution in [1.82, 2.24) is 9.78 Å². The Balaban J connectivity index is 1.92. The van der Waals surface area contributed by atoms with Crippen molar-refractivity contribution in [2.75, 3.05) is 19.0 Å². The van der Waals surface area contributed by atoms with Gasteiger partial charge in [-0.25, -0.2) is 8.89 Å². The van der Waals surface area contributed by atoms with Gasteiger partial charge in [-0.15, -0.1) is 0 Å². The van der Waals surface area contributed by atoms with E-state index < -0.39 is 35.3 Å². The fourth-order valence-corrected chi connectivity index (χ4v) is 5.17. The summed E-state index contributed by atoms with van der Waals surface area (Å²) in [6.45, 7) is -0.596. The molecule has 0 bridgehead atoms. The summed E-state index contributed by atoms with van der Waals surface area (Å²) >= 11 is 12.2. The minimum atomic E-state index is -4.71. The number of fused-ring (bicyclic) bond motifs is 1. The van der Waals surface area contributed by atoms with Gasteiger partial charge in [0.2, 0.25) is 0 Å². The van der Waals surface area contributed by atoms with Crippen LogP contribution in [0.5, 0.6) is 5.75 Å². The summed E-state index contributed by atoms with van der Waals surface area (Å²) in [5.41, 5.74) is -0.642. The van der Waals surface area contributed by atoms with Crippen molar-refractivity contribution in [3.8, 4) is 5.75 Å². The molecule has 6 nitrogen and oxygen atoms in total. The van der Waals surface area contributed by atoms with E-state index in [9.17, 15) is 22.5 Å². The Morgan fingerprint density at radius 1 is 1.15 bits per heavy atom. The first-order valence-electron chi connectivity index (χ1n) is 9.42. The summed E-state index contributed by atoms with van der Waals surface area (Å²) in [5, 5.41) is 16.9. The highest BCUT2D eigenvalue weighted by Crippen LogP contribution is 2.42. The van der Waals surface area contributed by atoms with Gasteiger partial charge in [-0.3, -0.25) is 0 Å². The van der Waals surface area contributed by atoms with Crippen molar-refractivity contribution in [1.29, 1.82) is 0 Å². The molecular weight excluding hydrogens is 502 g/mol. The highest BCUT2D eigenvalue weighted by Gasteiger charge is 2.40. The van der Waals surface area contributed by atoms with E-state index in [1.165, 1.54) is 19.2 Å². The molecule has 1 aromatic heterocycles. The molecule has 0 saturated carbocycles. The third kappa shape index (κ3) is 4.48. The number of rotatable bonds is 5. The van der Waals surface area contributed by atoms with Crippen LogP contribution in [0.4, 0.5) is 19.0 Å². The molecule has 3 aromatic rings. The molecule has 4 rings (SSSR count). The molecule has 0 aliphatic carbocycles. The summed E-state index contributed by atoms with van der Waals surface area (Å²) in [6.07, 6.45) is -4.71. The minimum Gasteiger partial charge on any atom is -0.497 e. The molecule has 1 aliphatic heterocycles. The molecule has 1 aliphatic rings. The Morgan fingerprint density at radius 2 is 1.85 bits per heavy atom. The van der Waals surface area contributed by atoms with E-state index in [0.717, 1.165) is 10.7 Å². The molecule has 0 fully saturated rings. The molecule has 0 radical (unpaired) electrons. The number of aromatic nitrogens is 2. The van der Waals surface area contributed by atoms with E-state index in [0.29, 0.717) is 16.2 Å². The van der Waals surface area contributed by atoms with Crippen LogP contribution in [-0.4, -0.2) is 32.8 Å². The molecule has 2 atom stereocenters. The van der Waals surface area contributed by atoms with Crippen molar-refractivity contribution in [2.45, 2.75) is 17.1 Å². The maximum absolute atomic E-state index is 13.7. The maximum Gasteiger partial charge on any atom is 0.435 e. The molecule has 2 heterocycles. The Bertz CT molecular complexity index is 1260. The van der Waals surface area contributed by atoms with Crippen LogP contribution in [0.2, 0.25) is 10.0 Å². The molecule has 0 spiro atoms. The molecule has 2 N–H and O–H groups in total. The quantitative estimate of drug-likeness (QED) is 0.483. The SMILES string of the molecule is COc1ccc(S(=O)C2=C(CO)Nc3cc(C(F)(F)F)nn3C2c2ccc(Cl)c(Cl)c2)cc1. The first-order valence-corrected chi connectivity index (χ1v) is 11.3. The lowest BCUT2D eigenvalue weighted by Crippen LogP contribution is -2.29. The molecule has 2 aromatic carbocycles. The fourth-order valence-electron chi connectivity index (χ4n) is 3.45. The average molecular weight is 518 g/mol. The van der Waals surface area contributed by atoms with Gasteiger partial charge in [0.15, 0.2) is 5.69 Å². The molecule has 2 unspecified atom stereocenters. The fraction of sp³-hybridized carbons (Fsp3) is 0.190. The average Bonchev–Trinajstić information content (AvgIpc) is 3.24. The normalized spacial score (nSPS) is 16.9. The van der Waals surface area contributed by atoms with E-state index in [1.807, 2.05) is 0 Å². The predicted octanol–water partition coefficient (Wildman–Crippen LogP) is 5.24. The molecule has 0 saturated heterocycles. The second kappa shape index (κ2) is 9.02. The number of halogens is 5. The van der Waals surface area contributed by atoms with E-state index in [2.05, 4.69) is 10.4 Å². The number of allylic oxidation sites excluding steroid dienone is 1. The number of alkyl halides is 3. The predicted molar refractivity (Wildman–Crippen MR) is 119 cm³/mol. The van der Waals surface area contributed by atoms with Crippen LogP contribution in [0, 0.1) is 0 Å². The summed E-state index contributed by atoms with van der Waals surface area (Å²) in [6, 6.07) is 10.6. The smallest absolute Gasteiger partial charge is 0.435 e. The Labute approximate surface area is 199 Å². The van der Waals surface area contributed by atoms with Crippen LogP contribution < -0.4 is 10.1 Å². The molecule has 174 valence electrons. The third-order valence-corrected chi connectivity index (χ3v) is 7.29. The van der Waals surface area contributed by atoms with E-state index in [1.54, 1.807) is 30.3 Å². The second-order valence-corrected chi connectivity index (χ2v) is 9.27. The second-order valence-electron chi connectivity index (χ2n) is 7.00. The number of aliphatic hydroxyl groups excluding tert-OH is 1. The standard InChI is InChI=1S/C21H16Cl2F3N3O3S/c1-32-12-3-5-13(6-4-12)33(31)20-16(10-30)27-18-9-17(21(24,25)26)28-29(18)19(20)11-2-7-14(22)15(23)8-11/h2-9,19,27,30H,10H2,1H3. The topological polar surface area (TPSA) is 76.4 Å². The molecular formula is C21H16Cl2F3N3O3S. The van der Waals surface area contributed by atoms with Gasteiger partial charge in [-0.05, 0) is 42.0 Å². The number of nitrogens with one attached hydrogen (secondary N) is 1. The van der Waals surface area contributed by atoms with Crippen molar-refractivity contribution in [3.63, 3.8) is 0 Å². The van der Waals surface area contributed by atoms with Crippen LogP contribution in [-0.2, 0) is 17.0 Å². The Kier molecular flexibility index (Phi) is 6.45. The third-order valence-electron chi connectivity index (χ3n) is 4.99. The van der Waals surface area contributed by atoms with Gasteiger partial charge in [-0.2, -0.15) is 18.3 Å². The zero-order chi connectivity index (χ0) is 23.9. The first-order chi connectivity index (χ1) is 15.6. The van der Waals surface area contributed by atoms with E-state index in [-0.39, 0.29) is 26.5 Å². The Hall–Kier alpha value is -2.53. The maximum atomic E-state index is 13.7. The summed E-state index contributed by atoms with van der Waals surface area (Å²) < 4.78 is 60.1. The van der Waals surface area contributed by atoms with Gasteiger partial charge in [0.05, 0.1) is 45.2 Å². The van der Waals surface area contributed by atoms with Gasteiger partial charge < -0.3 is 15.2 Å². The lowest BCUT2D eigenvalue weighted by Gasteiger charge is -2.30. The lowest BCUT2D eigenvalue weighted by atomic mass is 10.0. The van der Waals surface area contributed by atoms with Crippen molar-refractivity contribution in [3.05, 3.63) is 80.4 Å². The summed E-state index contributed by atoms with van der Waals surface area (Å²) in [4.78, 5) is 0.487. The van der Waals surface area contributed by atoms with Gasteiger partial charge in [0.25, 0.3) is 0 Å². The number of ether oxygens (including phenoxy) is 1. The molecule has 33 heavy (non-hydrogen) atoms. The number of nitrogens with zero attached hydrogens (tertiary/aromatic N) is 2. The van der Waals surface area contributed by atoms with Crippen LogP contribution in [0.25, 0.3) is 0 Å². The highest BCUT2D eigenvalue weighted by molar-refractivity contribution is 7.89. The minimum absolute atomic E-state index is 0.0158. The van der Waals surface area contributed by atoms with Crippen molar-refractivity contribution >= 4 is 39.8 Å². The number of anilines is 1. The van der Waals surface area contributed by atoms with Crippen LogP contribution in [0.3, 0.4) is 0 Å². The number of hydrogen-bond acceptors (Lipinski definition) is 5. The van der Waals surface area contributed by atoms with E-state index in [4.69, 9.17) is 27.9 Å². The Morgan fingerprint density at radius 3 is 2.42 bits per heavy atom. The first kappa shape index (κ1) is 23.6. The monoisotopic (exact) mass is 517 g/mol. The zero-order valence-corrected chi connectivity index (χ0v) is 19.2. The number of hydrogen-bond donors (Lipinski definition) is 2. The van der Waals surface area contributed by atoms with Crippen LogP contribution in [0.15, 0.2) is 64.0 Å². The van der Waals surface area contributed by atoms with Crippen LogP contribution in [0.1, 0.15) is 17.3 Å². The van der Waals surface area contributed by atoms with Crippen molar-refractivity contribution in [2.24, 2.45) is 0 Å². The van der Waals surface area contributed by atoms with Gasteiger partial charge in [-0.1, -0.05) is 29.3 Å². The van der Waals surface area contributed by atoms with E-state index >= 15 is 0 Å². The van der Waals surface area contributed by atoms with Gasteiger partial charge in [0.1, 0.15) is 17.6 Å². The molecule has 0 amide bonds. The lowest BCUT2D eigenvalue weighted by molar-refractivity contribution is -0.141. The zero-order valence-electron chi connectivity index (χ0n) is 16.9. The number of aliphatic hydroxyl groups is 1. The molecule has 12 heteroatoms. The van der Waals surface area contributed by atoms with Gasteiger partial charge >= 0.3 is 6.18 Å². The van der Waals surface area contributed by atoms with Crippen molar-refractivity contribution < 1.29 is 27.2 Å². The van der Waals surface area contributed by atoms with Crippen LogP contribution >= 0.6 is 23.2 Å². The number of benzene rings is 2. The highest BCUT2D eigenvalue weighted by atomic mass is 35.5. The van der Waals surface area contributed by atoms with Gasteiger partial charge in [0, 0.05) is 11.0 Å². The largest absolute Gasteiger partial charge is 0.497 e. The number of methoxy groups -OCH3 is 1. The summed E-state index contributed by atoms with van der Waals surface area (Å²) in [5.74, 6) is 0.525.